The van der Waals surface area contributed by atoms with Crippen molar-refractivity contribution in [3.8, 4) is 11.4 Å². The van der Waals surface area contributed by atoms with Gasteiger partial charge in [0.15, 0.2) is 11.0 Å². The molecule has 0 fully saturated rings. The molecule has 0 aliphatic rings. The molecule has 0 saturated carbocycles. The highest BCUT2D eigenvalue weighted by molar-refractivity contribution is 7.98. The monoisotopic (exact) mass is 475 g/mol. The quantitative estimate of drug-likeness (QED) is 0.267. The van der Waals surface area contributed by atoms with Gasteiger partial charge in [-0.15, -0.1) is 10.2 Å². The van der Waals surface area contributed by atoms with Gasteiger partial charge in [0.2, 0.25) is 0 Å². The highest BCUT2D eigenvalue weighted by atomic mass is 35.5. The van der Waals surface area contributed by atoms with Gasteiger partial charge in [-0.05, 0) is 54.1 Å². The Balaban J connectivity index is 1.62. The van der Waals surface area contributed by atoms with E-state index in [1.807, 2.05) is 77.4 Å². The average molecular weight is 477 g/mol. The molecule has 1 aromatic heterocycles. The fourth-order valence-corrected chi connectivity index (χ4v) is 4.65. The normalized spacial score (nSPS) is 10.9. The molecule has 0 unspecified atom stereocenters. The van der Waals surface area contributed by atoms with E-state index in [9.17, 15) is 0 Å². The lowest BCUT2D eigenvalue weighted by Gasteiger charge is -2.12. The average Bonchev–Trinajstić information content (AvgIpc) is 3.16. The number of aromatic nitrogens is 3. The van der Waals surface area contributed by atoms with E-state index in [1.54, 1.807) is 0 Å². The third-order valence-corrected chi connectivity index (χ3v) is 6.22. The van der Waals surface area contributed by atoms with Gasteiger partial charge in [0.25, 0.3) is 0 Å². The smallest absolute Gasteiger partial charge is 0.196 e. The molecule has 0 N–H and O–H groups in total. The Labute approximate surface area is 193 Å². The van der Waals surface area contributed by atoms with Crippen molar-refractivity contribution in [2.45, 2.75) is 17.5 Å². The molecule has 3 aromatic carbocycles. The minimum atomic E-state index is 0.271. The predicted octanol–water partition coefficient (Wildman–Crippen LogP) is 7.10. The molecule has 30 heavy (non-hydrogen) atoms. The second-order valence-electron chi connectivity index (χ2n) is 6.30. The van der Waals surface area contributed by atoms with Gasteiger partial charge >= 0.3 is 0 Å². The van der Waals surface area contributed by atoms with E-state index in [0.29, 0.717) is 31.8 Å². The van der Waals surface area contributed by atoms with Gasteiger partial charge in [0, 0.05) is 26.5 Å². The molecule has 4 nitrogen and oxygen atoms in total. The molecule has 152 valence electrons. The Morgan fingerprint density at radius 1 is 0.800 bits per heavy atom. The van der Waals surface area contributed by atoms with E-state index < -0.39 is 0 Å². The first-order valence-electron chi connectivity index (χ1n) is 9.05. The molecular formula is C22H16Cl3N3OS. The number of benzene rings is 3. The zero-order valence-electron chi connectivity index (χ0n) is 15.6. The van der Waals surface area contributed by atoms with Crippen molar-refractivity contribution in [1.82, 2.24) is 14.8 Å². The maximum absolute atomic E-state index is 6.32. The van der Waals surface area contributed by atoms with Gasteiger partial charge in [-0.3, -0.25) is 4.57 Å². The first kappa shape index (κ1) is 21.1. The number of hydrogen-bond donors (Lipinski definition) is 0. The van der Waals surface area contributed by atoms with Crippen LogP contribution < -0.4 is 4.74 Å². The maximum atomic E-state index is 6.32. The topological polar surface area (TPSA) is 39.9 Å². The SMILES string of the molecule is Clc1ccc(-n2c(COc3ccccc3)nnc2SCc2c(Cl)cccc2Cl)cc1. The maximum Gasteiger partial charge on any atom is 0.196 e. The second kappa shape index (κ2) is 9.75. The van der Waals surface area contributed by atoms with Crippen LogP contribution in [-0.4, -0.2) is 14.8 Å². The van der Waals surface area contributed by atoms with Gasteiger partial charge in [0.05, 0.1) is 0 Å². The van der Waals surface area contributed by atoms with E-state index in [1.165, 1.54) is 11.8 Å². The van der Waals surface area contributed by atoms with Crippen molar-refractivity contribution in [1.29, 1.82) is 0 Å². The van der Waals surface area contributed by atoms with Gasteiger partial charge in [-0.25, -0.2) is 0 Å². The van der Waals surface area contributed by atoms with Crippen molar-refractivity contribution >= 4 is 46.6 Å². The summed E-state index contributed by atoms with van der Waals surface area (Å²) in [5.74, 6) is 2.00. The summed E-state index contributed by atoms with van der Waals surface area (Å²) >= 11 is 20.2. The Bertz CT molecular complexity index is 1110. The summed E-state index contributed by atoms with van der Waals surface area (Å²) in [6.45, 7) is 0.271. The third-order valence-electron chi connectivity index (χ3n) is 4.30. The molecule has 0 aliphatic carbocycles. The Morgan fingerprint density at radius 2 is 1.50 bits per heavy atom. The fourth-order valence-electron chi connectivity index (χ4n) is 2.81. The highest BCUT2D eigenvalue weighted by Gasteiger charge is 2.17. The van der Waals surface area contributed by atoms with Crippen LogP contribution in [0.4, 0.5) is 0 Å². The van der Waals surface area contributed by atoms with E-state index in [4.69, 9.17) is 39.5 Å². The van der Waals surface area contributed by atoms with Gasteiger partial charge in [-0.2, -0.15) is 0 Å². The molecule has 4 aromatic rings. The van der Waals surface area contributed by atoms with Crippen molar-refractivity contribution in [2.24, 2.45) is 0 Å². The van der Waals surface area contributed by atoms with E-state index in [0.717, 1.165) is 17.0 Å². The fraction of sp³-hybridized carbons (Fsp3) is 0.0909. The van der Waals surface area contributed by atoms with Crippen LogP contribution in [0, 0.1) is 0 Å². The van der Waals surface area contributed by atoms with E-state index in [-0.39, 0.29) is 6.61 Å². The predicted molar refractivity (Wildman–Crippen MR) is 123 cm³/mol. The summed E-state index contributed by atoms with van der Waals surface area (Å²) in [5, 5.41) is 11.4. The number of thioether (sulfide) groups is 1. The van der Waals surface area contributed by atoms with Gasteiger partial charge in [0.1, 0.15) is 12.4 Å². The van der Waals surface area contributed by atoms with Crippen LogP contribution in [0.1, 0.15) is 11.4 Å². The summed E-state index contributed by atoms with van der Waals surface area (Å²) in [5.41, 5.74) is 1.75. The van der Waals surface area contributed by atoms with Crippen molar-refractivity contribution < 1.29 is 4.74 Å². The summed E-state index contributed by atoms with van der Waals surface area (Å²) in [7, 11) is 0. The molecular weight excluding hydrogens is 461 g/mol. The molecule has 8 heteroatoms. The van der Waals surface area contributed by atoms with Crippen LogP contribution in [0.3, 0.4) is 0 Å². The first-order valence-corrected chi connectivity index (χ1v) is 11.2. The summed E-state index contributed by atoms with van der Waals surface area (Å²) < 4.78 is 7.84. The van der Waals surface area contributed by atoms with Crippen molar-refractivity contribution in [3.05, 3.63) is 99.3 Å². The molecule has 4 rings (SSSR count). The largest absolute Gasteiger partial charge is 0.486 e. The van der Waals surface area contributed by atoms with Crippen molar-refractivity contribution in [3.63, 3.8) is 0 Å². The van der Waals surface area contributed by atoms with Crippen molar-refractivity contribution in [2.75, 3.05) is 0 Å². The summed E-state index contributed by atoms with van der Waals surface area (Å²) in [6.07, 6.45) is 0. The second-order valence-corrected chi connectivity index (χ2v) is 8.49. The van der Waals surface area contributed by atoms with E-state index in [2.05, 4.69) is 10.2 Å². The number of para-hydroxylation sites is 1. The zero-order chi connectivity index (χ0) is 20.9. The van der Waals surface area contributed by atoms with E-state index >= 15 is 0 Å². The highest BCUT2D eigenvalue weighted by Crippen LogP contribution is 2.32. The van der Waals surface area contributed by atoms with Crippen LogP contribution in [0.25, 0.3) is 5.69 Å². The number of ether oxygens (including phenoxy) is 1. The molecule has 1 heterocycles. The number of hydrogen-bond acceptors (Lipinski definition) is 4. The van der Waals surface area contributed by atoms with Crippen LogP contribution in [0.2, 0.25) is 15.1 Å². The number of nitrogens with zero attached hydrogens (tertiary/aromatic N) is 3. The molecule has 0 bridgehead atoms. The summed E-state index contributed by atoms with van der Waals surface area (Å²) in [4.78, 5) is 0. The lowest BCUT2D eigenvalue weighted by molar-refractivity contribution is 0.293. The third kappa shape index (κ3) is 4.93. The Hall–Kier alpha value is -2.18. The number of rotatable bonds is 7. The minimum Gasteiger partial charge on any atom is -0.486 e. The summed E-state index contributed by atoms with van der Waals surface area (Å²) in [6, 6.07) is 22.6. The lowest BCUT2D eigenvalue weighted by atomic mass is 10.2. The lowest BCUT2D eigenvalue weighted by Crippen LogP contribution is -2.06. The first-order chi connectivity index (χ1) is 14.6. The molecule has 0 spiro atoms. The minimum absolute atomic E-state index is 0.271. The van der Waals surface area contributed by atoms with Gasteiger partial charge < -0.3 is 4.74 Å². The van der Waals surface area contributed by atoms with Crippen LogP contribution in [0.5, 0.6) is 5.75 Å². The zero-order valence-corrected chi connectivity index (χ0v) is 18.7. The van der Waals surface area contributed by atoms with Crippen LogP contribution in [-0.2, 0) is 12.4 Å². The Morgan fingerprint density at radius 3 is 2.20 bits per heavy atom. The molecule has 0 saturated heterocycles. The molecule has 0 atom stereocenters. The molecule has 0 radical (unpaired) electrons. The molecule has 0 amide bonds. The van der Waals surface area contributed by atoms with Gasteiger partial charge in [-0.1, -0.05) is 70.8 Å². The molecule has 0 aliphatic heterocycles. The van der Waals surface area contributed by atoms with Crippen LogP contribution >= 0.6 is 46.6 Å². The standard InChI is InChI=1S/C22H16Cl3N3OS/c23-15-9-11-16(12-10-15)28-21(13-29-17-5-2-1-3-6-17)26-27-22(28)30-14-18-19(24)7-4-8-20(18)25/h1-12H,13-14H2. The number of halogens is 3. The van der Waals surface area contributed by atoms with Crippen LogP contribution in [0.15, 0.2) is 78.0 Å². The Kier molecular flexibility index (Phi) is 6.85.